The van der Waals surface area contributed by atoms with E-state index in [9.17, 15) is 0 Å². The summed E-state index contributed by atoms with van der Waals surface area (Å²) in [5.41, 5.74) is 4.55. The topological polar surface area (TPSA) is 17.3 Å². The van der Waals surface area contributed by atoms with Crippen LogP contribution in [0.5, 0.6) is 0 Å². The quantitative estimate of drug-likeness (QED) is 0.642. The Balaban J connectivity index is 2.32. The van der Waals surface area contributed by atoms with Crippen LogP contribution in [0, 0.1) is 6.92 Å². The van der Waals surface area contributed by atoms with Gasteiger partial charge in [-0.15, -0.1) is 11.8 Å². The molecular formula is C15H14N2S. The van der Waals surface area contributed by atoms with Gasteiger partial charge in [-0.3, -0.25) is 4.40 Å². The number of aromatic nitrogens is 2. The highest BCUT2D eigenvalue weighted by Crippen LogP contribution is 2.32. The molecular weight excluding hydrogens is 240 g/mol. The molecule has 0 spiro atoms. The first-order chi connectivity index (χ1) is 8.81. The number of thioether (sulfide) groups is 1. The maximum atomic E-state index is 4.76. The molecule has 0 amide bonds. The Labute approximate surface area is 111 Å². The highest BCUT2D eigenvalue weighted by atomic mass is 32.2. The summed E-state index contributed by atoms with van der Waals surface area (Å²) in [6, 6.07) is 14.5. The molecule has 3 aromatic rings. The van der Waals surface area contributed by atoms with Crippen LogP contribution in [-0.4, -0.2) is 15.6 Å². The van der Waals surface area contributed by atoms with E-state index in [-0.39, 0.29) is 0 Å². The van der Waals surface area contributed by atoms with Gasteiger partial charge in [-0.1, -0.05) is 30.3 Å². The van der Waals surface area contributed by atoms with Crippen LogP contribution in [0.3, 0.4) is 0 Å². The first kappa shape index (κ1) is 11.4. The van der Waals surface area contributed by atoms with Gasteiger partial charge < -0.3 is 0 Å². The number of fused-ring (bicyclic) bond motifs is 1. The molecule has 0 fully saturated rings. The van der Waals surface area contributed by atoms with Crippen LogP contribution in [0.25, 0.3) is 16.9 Å². The molecule has 0 radical (unpaired) electrons. The first-order valence-electron chi connectivity index (χ1n) is 5.88. The Morgan fingerprint density at radius 3 is 2.61 bits per heavy atom. The van der Waals surface area contributed by atoms with Crippen LogP contribution in [0.2, 0.25) is 0 Å². The molecule has 90 valence electrons. The fourth-order valence-electron chi connectivity index (χ4n) is 2.18. The zero-order chi connectivity index (χ0) is 12.5. The van der Waals surface area contributed by atoms with Crippen molar-refractivity contribution in [2.24, 2.45) is 0 Å². The van der Waals surface area contributed by atoms with Crippen molar-refractivity contribution in [1.82, 2.24) is 9.38 Å². The average Bonchev–Trinajstić information content (AvgIpc) is 2.77. The Hall–Kier alpha value is -1.74. The van der Waals surface area contributed by atoms with Crippen LogP contribution in [0.15, 0.2) is 53.7 Å². The van der Waals surface area contributed by atoms with Gasteiger partial charge in [0, 0.05) is 11.8 Å². The highest BCUT2D eigenvalue weighted by Gasteiger charge is 2.13. The fraction of sp³-hybridized carbons (Fsp3) is 0.133. The monoisotopic (exact) mass is 254 g/mol. The molecule has 0 saturated heterocycles. The van der Waals surface area contributed by atoms with E-state index in [0.29, 0.717) is 0 Å². The summed E-state index contributed by atoms with van der Waals surface area (Å²) in [6.45, 7) is 2.13. The lowest BCUT2D eigenvalue weighted by Gasteiger charge is -2.04. The van der Waals surface area contributed by atoms with Crippen LogP contribution in [0.1, 0.15) is 5.56 Å². The summed E-state index contributed by atoms with van der Waals surface area (Å²) in [4.78, 5) is 4.76. The molecule has 18 heavy (non-hydrogen) atoms. The van der Waals surface area contributed by atoms with Gasteiger partial charge in [0.2, 0.25) is 0 Å². The number of nitrogens with zero attached hydrogens (tertiary/aromatic N) is 2. The lowest BCUT2D eigenvalue weighted by atomic mass is 10.1. The normalized spacial score (nSPS) is 11.0. The van der Waals surface area contributed by atoms with Gasteiger partial charge in [0.25, 0.3) is 0 Å². The second kappa shape index (κ2) is 4.50. The molecule has 0 aliphatic rings. The van der Waals surface area contributed by atoms with Crippen LogP contribution >= 0.6 is 11.8 Å². The van der Waals surface area contributed by atoms with Crippen molar-refractivity contribution in [1.29, 1.82) is 0 Å². The number of imidazole rings is 1. The maximum Gasteiger partial charge on any atom is 0.138 e. The minimum absolute atomic E-state index is 1.00. The molecule has 0 atom stereocenters. The van der Waals surface area contributed by atoms with E-state index in [2.05, 4.69) is 48.0 Å². The van der Waals surface area contributed by atoms with Crippen molar-refractivity contribution in [3.8, 4) is 11.3 Å². The fourth-order valence-corrected chi connectivity index (χ4v) is 2.88. The summed E-state index contributed by atoms with van der Waals surface area (Å²) in [6.07, 6.45) is 4.16. The van der Waals surface area contributed by atoms with Crippen molar-refractivity contribution in [2.75, 3.05) is 6.26 Å². The van der Waals surface area contributed by atoms with Crippen molar-refractivity contribution in [2.45, 2.75) is 11.9 Å². The number of pyridine rings is 1. The van der Waals surface area contributed by atoms with Crippen molar-refractivity contribution in [3.63, 3.8) is 0 Å². The average molecular weight is 254 g/mol. The summed E-state index contributed by atoms with van der Waals surface area (Å²) in [5, 5.41) is 1.19. The smallest absolute Gasteiger partial charge is 0.138 e. The molecule has 0 N–H and O–H groups in total. The zero-order valence-electron chi connectivity index (χ0n) is 10.4. The predicted octanol–water partition coefficient (Wildman–Crippen LogP) is 4.03. The molecule has 3 rings (SSSR count). The predicted molar refractivity (Wildman–Crippen MR) is 77.1 cm³/mol. The van der Waals surface area contributed by atoms with Crippen molar-refractivity contribution >= 4 is 17.4 Å². The van der Waals surface area contributed by atoms with E-state index < -0.39 is 0 Å². The molecule has 0 aliphatic heterocycles. The summed E-state index contributed by atoms with van der Waals surface area (Å²) >= 11 is 1.74. The second-order valence-electron chi connectivity index (χ2n) is 4.21. The molecule has 0 unspecified atom stereocenters. The maximum absolute atomic E-state index is 4.76. The SMILES string of the molecule is CSc1c(-c2ccccc2C)nc2ccccn12. The number of benzene rings is 1. The molecule has 0 bridgehead atoms. The number of rotatable bonds is 2. The minimum Gasteiger partial charge on any atom is -0.294 e. The Morgan fingerprint density at radius 2 is 1.83 bits per heavy atom. The van der Waals surface area contributed by atoms with E-state index in [0.717, 1.165) is 11.3 Å². The van der Waals surface area contributed by atoms with E-state index in [1.165, 1.54) is 16.2 Å². The van der Waals surface area contributed by atoms with Gasteiger partial charge in [-0.05, 0) is 30.9 Å². The van der Waals surface area contributed by atoms with E-state index in [1.54, 1.807) is 11.8 Å². The van der Waals surface area contributed by atoms with Crippen LogP contribution in [-0.2, 0) is 0 Å². The molecule has 2 heterocycles. The minimum atomic E-state index is 1.00. The lowest BCUT2D eigenvalue weighted by molar-refractivity contribution is 1.05. The Bertz CT molecular complexity index is 701. The van der Waals surface area contributed by atoms with Gasteiger partial charge in [-0.2, -0.15) is 0 Å². The summed E-state index contributed by atoms with van der Waals surface area (Å²) in [5.74, 6) is 0. The lowest BCUT2D eigenvalue weighted by Crippen LogP contribution is -1.87. The Morgan fingerprint density at radius 1 is 1.06 bits per heavy atom. The molecule has 0 aliphatic carbocycles. The number of hydrogen-bond donors (Lipinski definition) is 0. The van der Waals surface area contributed by atoms with Gasteiger partial charge in [-0.25, -0.2) is 4.98 Å². The second-order valence-corrected chi connectivity index (χ2v) is 5.01. The van der Waals surface area contributed by atoms with Gasteiger partial charge >= 0.3 is 0 Å². The standard InChI is InChI=1S/C15H14N2S/c1-11-7-3-4-8-12(11)14-15(18-2)17-10-6-5-9-13(17)16-14/h3-10H,1-2H3. The largest absolute Gasteiger partial charge is 0.294 e. The molecule has 3 heteroatoms. The van der Waals surface area contributed by atoms with Gasteiger partial charge in [0.15, 0.2) is 0 Å². The number of hydrogen-bond acceptors (Lipinski definition) is 2. The number of aryl methyl sites for hydroxylation is 1. The third kappa shape index (κ3) is 1.71. The van der Waals surface area contributed by atoms with Crippen LogP contribution in [0.4, 0.5) is 0 Å². The molecule has 1 aromatic carbocycles. The third-order valence-electron chi connectivity index (χ3n) is 3.08. The van der Waals surface area contributed by atoms with E-state index in [4.69, 9.17) is 4.98 Å². The Kier molecular flexibility index (Phi) is 2.84. The first-order valence-corrected chi connectivity index (χ1v) is 7.11. The highest BCUT2D eigenvalue weighted by molar-refractivity contribution is 7.98. The van der Waals surface area contributed by atoms with Crippen molar-refractivity contribution in [3.05, 3.63) is 54.2 Å². The zero-order valence-corrected chi connectivity index (χ0v) is 11.2. The van der Waals surface area contributed by atoms with Crippen LogP contribution < -0.4 is 0 Å². The molecule has 0 saturated carbocycles. The molecule has 2 aromatic heterocycles. The molecule has 2 nitrogen and oxygen atoms in total. The van der Waals surface area contributed by atoms with E-state index in [1.807, 2.05) is 18.2 Å². The van der Waals surface area contributed by atoms with Gasteiger partial charge in [0.05, 0.1) is 0 Å². The third-order valence-corrected chi connectivity index (χ3v) is 3.86. The van der Waals surface area contributed by atoms with E-state index >= 15 is 0 Å². The summed E-state index contributed by atoms with van der Waals surface area (Å²) < 4.78 is 2.15. The van der Waals surface area contributed by atoms with Crippen molar-refractivity contribution < 1.29 is 0 Å². The van der Waals surface area contributed by atoms with Gasteiger partial charge in [0.1, 0.15) is 16.4 Å². The summed E-state index contributed by atoms with van der Waals surface area (Å²) in [7, 11) is 0.